The predicted octanol–water partition coefficient (Wildman–Crippen LogP) is 3.52. The average Bonchev–Trinajstić information content (AvgIpc) is 3.12. The summed E-state index contributed by atoms with van der Waals surface area (Å²) < 4.78 is 5.81. The van der Waals surface area contributed by atoms with E-state index in [9.17, 15) is 9.59 Å². The summed E-state index contributed by atoms with van der Waals surface area (Å²) in [7, 11) is 0. The van der Waals surface area contributed by atoms with Gasteiger partial charge in [0.1, 0.15) is 5.58 Å². The molecule has 0 saturated carbocycles. The number of carbonyl (C=O) groups is 2. The van der Waals surface area contributed by atoms with E-state index < -0.39 is 0 Å². The highest BCUT2D eigenvalue weighted by molar-refractivity contribution is 5.99. The van der Waals surface area contributed by atoms with Crippen molar-refractivity contribution in [3.05, 3.63) is 65.4 Å². The van der Waals surface area contributed by atoms with E-state index in [0.29, 0.717) is 25.4 Å². The number of anilines is 1. The van der Waals surface area contributed by atoms with Crippen LogP contribution >= 0.6 is 0 Å². The fraction of sp³-hybridized carbons (Fsp3) is 0.333. The lowest BCUT2D eigenvalue weighted by molar-refractivity contribution is -0.131. The zero-order valence-electron chi connectivity index (χ0n) is 17.5. The van der Waals surface area contributed by atoms with Gasteiger partial charge in [0, 0.05) is 55.8 Å². The number of amides is 2. The van der Waals surface area contributed by atoms with Crippen molar-refractivity contribution in [2.75, 3.05) is 37.6 Å². The minimum absolute atomic E-state index is 0.0696. The third-order valence-corrected chi connectivity index (χ3v) is 5.74. The minimum Gasteiger partial charge on any atom is -0.450 e. The van der Waals surface area contributed by atoms with Crippen molar-refractivity contribution in [2.24, 2.45) is 0 Å². The Kier molecular flexibility index (Phi) is 5.74. The van der Waals surface area contributed by atoms with Crippen LogP contribution in [0.2, 0.25) is 0 Å². The Morgan fingerprint density at radius 3 is 2.40 bits per heavy atom. The third kappa shape index (κ3) is 4.03. The molecule has 6 heteroatoms. The largest absolute Gasteiger partial charge is 0.450 e. The fourth-order valence-electron chi connectivity index (χ4n) is 3.98. The number of rotatable bonds is 5. The van der Waals surface area contributed by atoms with Gasteiger partial charge in [0.15, 0.2) is 5.76 Å². The molecule has 2 aromatic carbocycles. The van der Waals surface area contributed by atoms with Crippen molar-refractivity contribution in [2.45, 2.75) is 20.3 Å². The molecule has 2 amide bonds. The summed E-state index contributed by atoms with van der Waals surface area (Å²) in [5, 5.41) is 3.79. The Balaban J connectivity index is 1.28. The second-order valence-electron chi connectivity index (χ2n) is 7.72. The molecule has 156 valence electrons. The Morgan fingerprint density at radius 1 is 0.967 bits per heavy atom. The zero-order valence-corrected chi connectivity index (χ0v) is 17.5. The summed E-state index contributed by atoms with van der Waals surface area (Å²) in [6.45, 7) is 7.18. The van der Waals surface area contributed by atoms with Gasteiger partial charge < -0.3 is 19.5 Å². The van der Waals surface area contributed by atoms with Crippen LogP contribution in [0.4, 0.5) is 5.69 Å². The standard InChI is InChI=1S/C24H27N3O3/c1-17-7-6-10-20-18(2)23(30-22(17)20)24(29)25-12-11-21(28)27-15-13-26(14-16-27)19-8-4-3-5-9-19/h3-10H,11-16H2,1-2H3,(H,25,29). The van der Waals surface area contributed by atoms with E-state index in [1.165, 1.54) is 5.69 Å². The molecule has 30 heavy (non-hydrogen) atoms. The van der Waals surface area contributed by atoms with Gasteiger partial charge in [0.2, 0.25) is 5.91 Å². The first-order chi connectivity index (χ1) is 14.5. The molecule has 1 aliphatic heterocycles. The number of piperazine rings is 1. The van der Waals surface area contributed by atoms with Gasteiger partial charge in [-0.05, 0) is 31.5 Å². The van der Waals surface area contributed by atoms with Crippen molar-refractivity contribution in [1.29, 1.82) is 0 Å². The van der Waals surface area contributed by atoms with Crippen LogP contribution in [0.25, 0.3) is 11.0 Å². The van der Waals surface area contributed by atoms with E-state index in [0.717, 1.165) is 35.2 Å². The SMILES string of the molecule is Cc1c(C(=O)NCCC(=O)N2CCN(c3ccccc3)CC2)oc2c(C)cccc12. The van der Waals surface area contributed by atoms with Crippen molar-refractivity contribution in [3.8, 4) is 0 Å². The summed E-state index contributed by atoms with van der Waals surface area (Å²) in [6, 6.07) is 16.1. The molecule has 3 aromatic rings. The van der Waals surface area contributed by atoms with Gasteiger partial charge in [0.05, 0.1) is 0 Å². The van der Waals surface area contributed by atoms with Crippen molar-refractivity contribution in [3.63, 3.8) is 0 Å². The second-order valence-corrected chi connectivity index (χ2v) is 7.72. The van der Waals surface area contributed by atoms with Crippen LogP contribution in [0.1, 0.15) is 28.1 Å². The lowest BCUT2D eigenvalue weighted by atomic mass is 10.1. The summed E-state index contributed by atoms with van der Waals surface area (Å²) in [6.07, 6.45) is 0.287. The first-order valence-electron chi connectivity index (χ1n) is 10.4. The number of furan rings is 1. The van der Waals surface area contributed by atoms with Gasteiger partial charge in [0.25, 0.3) is 5.91 Å². The van der Waals surface area contributed by atoms with Crippen LogP contribution in [-0.2, 0) is 4.79 Å². The fourth-order valence-corrected chi connectivity index (χ4v) is 3.98. The van der Waals surface area contributed by atoms with Gasteiger partial charge in [-0.15, -0.1) is 0 Å². The molecular formula is C24H27N3O3. The highest BCUT2D eigenvalue weighted by Crippen LogP contribution is 2.27. The lowest BCUT2D eigenvalue weighted by Crippen LogP contribution is -2.49. The maximum atomic E-state index is 12.6. The molecule has 2 heterocycles. The van der Waals surface area contributed by atoms with Gasteiger partial charge in [-0.3, -0.25) is 9.59 Å². The van der Waals surface area contributed by atoms with Gasteiger partial charge >= 0.3 is 0 Å². The number of benzene rings is 2. The van der Waals surface area contributed by atoms with E-state index in [2.05, 4.69) is 22.3 Å². The van der Waals surface area contributed by atoms with Crippen LogP contribution in [0.5, 0.6) is 0 Å². The molecule has 0 unspecified atom stereocenters. The van der Waals surface area contributed by atoms with Crippen molar-refractivity contribution in [1.82, 2.24) is 10.2 Å². The number of nitrogens with one attached hydrogen (secondary N) is 1. The summed E-state index contributed by atoms with van der Waals surface area (Å²) >= 11 is 0. The molecule has 0 aliphatic carbocycles. The quantitative estimate of drug-likeness (QED) is 0.705. The summed E-state index contributed by atoms with van der Waals surface area (Å²) in [4.78, 5) is 29.3. The summed E-state index contributed by atoms with van der Waals surface area (Å²) in [5.41, 5.74) is 3.76. The molecule has 1 saturated heterocycles. The molecular weight excluding hydrogens is 378 g/mol. The Bertz CT molecular complexity index is 1050. The highest BCUT2D eigenvalue weighted by Gasteiger charge is 2.22. The van der Waals surface area contributed by atoms with E-state index in [1.54, 1.807) is 0 Å². The maximum absolute atomic E-state index is 12.6. The zero-order chi connectivity index (χ0) is 21.1. The molecule has 1 fully saturated rings. The molecule has 1 aliphatic rings. The van der Waals surface area contributed by atoms with Crippen LogP contribution in [0.15, 0.2) is 52.9 Å². The molecule has 1 N–H and O–H groups in total. The number of fused-ring (bicyclic) bond motifs is 1. The first-order valence-corrected chi connectivity index (χ1v) is 10.4. The van der Waals surface area contributed by atoms with E-state index in [4.69, 9.17) is 4.42 Å². The monoisotopic (exact) mass is 405 g/mol. The van der Waals surface area contributed by atoms with Crippen LogP contribution in [0.3, 0.4) is 0 Å². The molecule has 0 spiro atoms. The van der Waals surface area contributed by atoms with Gasteiger partial charge in [-0.1, -0.05) is 36.4 Å². The number of hydrogen-bond donors (Lipinski definition) is 1. The average molecular weight is 405 g/mol. The van der Waals surface area contributed by atoms with Crippen LogP contribution in [-0.4, -0.2) is 49.4 Å². The Labute approximate surface area is 176 Å². The van der Waals surface area contributed by atoms with E-state index >= 15 is 0 Å². The third-order valence-electron chi connectivity index (χ3n) is 5.74. The topological polar surface area (TPSA) is 65.8 Å². The number of aryl methyl sites for hydroxylation is 2. The van der Waals surface area contributed by atoms with Crippen LogP contribution in [0, 0.1) is 13.8 Å². The normalized spacial score (nSPS) is 14.2. The number of hydrogen-bond acceptors (Lipinski definition) is 4. The number of para-hydroxylation sites is 2. The molecule has 6 nitrogen and oxygen atoms in total. The van der Waals surface area contributed by atoms with Crippen molar-refractivity contribution >= 4 is 28.5 Å². The molecule has 0 bridgehead atoms. The van der Waals surface area contributed by atoms with Crippen molar-refractivity contribution < 1.29 is 14.0 Å². The van der Waals surface area contributed by atoms with E-state index in [1.807, 2.05) is 55.1 Å². The maximum Gasteiger partial charge on any atom is 0.287 e. The smallest absolute Gasteiger partial charge is 0.287 e. The molecule has 4 rings (SSSR count). The number of carbonyl (C=O) groups excluding carboxylic acids is 2. The molecule has 1 aromatic heterocycles. The number of nitrogens with zero attached hydrogens (tertiary/aromatic N) is 2. The second kappa shape index (κ2) is 8.61. The first kappa shape index (κ1) is 20.0. The van der Waals surface area contributed by atoms with Crippen LogP contribution < -0.4 is 10.2 Å². The van der Waals surface area contributed by atoms with E-state index in [-0.39, 0.29) is 18.2 Å². The minimum atomic E-state index is -0.273. The lowest BCUT2D eigenvalue weighted by Gasteiger charge is -2.36. The predicted molar refractivity (Wildman–Crippen MR) is 118 cm³/mol. The Morgan fingerprint density at radius 2 is 1.70 bits per heavy atom. The highest BCUT2D eigenvalue weighted by atomic mass is 16.3. The molecule has 0 atom stereocenters. The van der Waals surface area contributed by atoms with Gasteiger partial charge in [-0.2, -0.15) is 0 Å². The Hall–Kier alpha value is -3.28. The summed E-state index contributed by atoms with van der Waals surface area (Å²) in [5.74, 6) is 0.119. The molecule has 0 radical (unpaired) electrons. The van der Waals surface area contributed by atoms with Gasteiger partial charge in [-0.25, -0.2) is 0 Å².